The third kappa shape index (κ3) is 8.58. The summed E-state index contributed by atoms with van der Waals surface area (Å²) in [4.78, 5) is 25.5. The number of esters is 1. The Morgan fingerprint density at radius 1 is 1.05 bits per heavy atom. The molecular weight excluding hydrogens is 716 g/mol. The minimum Gasteiger partial charge on any atom is -0.493 e. The summed E-state index contributed by atoms with van der Waals surface area (Å²) in [5.74, 6) is 0.380. The first kappa shape index (κ1) is 33.0. The van der Waals surface area contributed by atoms with Crippen LogP contribution in [0.2, 0.25) is 0 Å². The number of para-hydroxylation sites is 1. The van der Waals surface area contributed by atoms with Gasteiger partial charge in [0.1, 0.15) is 12.4 Å². The minimum atomic E-state index is -0.637. The van der Waals surface area contributed by atoms with E-state index in [1.54, 1.807) is 57.4 Å². The zero-order valence-corrected chi connectivity index (χ0v) is 28.1. The minimum absolute atomic E-state index is 0.219. The van der Waals surface area contributed by atoms with E-state index in [2.05, 4.69) is 53.0 Å². The number of ether oxygens (including phenoxy) is 4. The number of benzene rings is 3. The van der Waals surface area contributed by atoms with Crippen LogP contribution in [-0.4, -0.2) is 43.5 Å². The maximum atomic E-state index is 12.8. The van der Waals surface area contributed by atoms with Gasteiger partial charge in [-0.25, -0.2) is 10.2 Å². The lowest BCUT2D eigenvalue weighted by Crippen LogP contribution is -2.45. The molecule has 0 bridgehead atoms. The maximum Gasteiger partial charge on any atom is 0.338 e. The summed E-state index contributed by atoms with van der Waals surface area (Å²) in [6.07, 6.45) is 1.47. The number of halogens is 2. The van der Waals surface area contributed by atoms with Crippen molar-refractivity contribution in [3.05, 3.63) is 97.6 Å². The number of thiocarbonyl (C=S) groups is 1. The van der Waals surface area contributed by atoms with Crippen LogP contribution in [0, 0.1) is 0 Å². The summed E-state index contributed by atoms with van der Waals surface area (Å²) in [5, 5.41) is 10.5. The fourth-order valence-electron chi connectivity index (χ4n) is 4.33. The predicted octanol–water partition coefficient (Wildman–Crippen LogP) is 5.68. The number of methoxy groups -OCH3 is 1. The molecule has 0 saturated heterocycles. The summed E-state index contributed by atoms with van der Waals surface area (Å²) in [6.45, 7) is 3.67. The van der Waals surface area contributed by atoms with Gasteiger partial charge in [0.2, 0.25) is 0 Å². The lowest BCUT2D eigenvalue weighted by atomic mass is 9.95. The molecule has 0 unspecified atom stereocenters. The summed E-state index contributed by atoms with van der Waals surface area (Å²) in [5.41, 5.74) is 5.59. The third-order valence-corrected chi connectivity index (χ3v) is 7.52. The van der Waals surface area contributed by atoms with Crippen LogP contribution in [0.1, 0.15) is 36.6 Å². The highest BCUT2D eigenvalue weighted by atomic mass is 79.9. The van der Waals surface area contributed by atoms with E-state index in [1.165, 1.54) is 6.21 Å². The molecule has 1 amide bonds. The Morgan fingerprint density at radius 2 is 1.80 bits per heavy atom. The number of carbonyl (C=O) groups is 2. The van der Waals surface area contributed by atoms with E-state index >= 15 is 0 Å². The van der Waals surface area contributed by atoms with Gasteiger partial charge in [-0.1, -0.05) is 62.2 Å². The smallest absolute Gasteiger partial charge is 0.338 e. The van der Waals surface area contributed by atoms with Crippen molar-refractivity contribution in [3.63, 3.8) is 0 Å². The van der Waals surface area contributed by atoms with E-state index < -0.39 is 17.9 Å². The largest absolute Gasteiger partial charge is 0.493 e. The van der Waals surface area contributed by atoms with Crippen LogP contribution in [0.4, 0.5) is 0 Å². The zero-order chi connectivity index (χ0) is 31.6. The number of rotatable bonds is 12. The standard InChI is InChI=1S/C31H30Br2N4O6S/c1-4-41-30(39)27-18(2)35-31(44)36-28(27)23-7-5-6-8-24(23)42-17-26(38)37-34-15-20-13-22(33)14-25(40-3)29(20)43-16-19-9-11-21(32)12-10-19/h5-15,28H,4,16-17H2,1-3H3,(H,37,38)(H2,35,36,44)/t28-/m0/s1. The molecule has 3 aromatic rings. The quantitative estimate of drug-likeness (QED) is 0.0931. The molecule has 1 aliphatic rings. The number of carbonyl (C=O) groups excluding carboxylic acids is 2. The van der Waals surface area contributed by atoms with Crippen molar-refractivity contribution in [1.29, 1.82) is 0 Å². The Balaban J connectivity index is 1.45. The number of hydrogen-bond donors (Lipinski definition) is 3. The molecule has 44 heavy (non-hydrogen) atoms. The summed E-state index contributed by atoms with van der Waals surface area (Å²) >= 11 is 12.2. The second kappa shape index (κ2) is 15.7. The van der Waals surface area contributed by atoms with Crippen molar-refractivity contribution in [1.82, 2.24) is 16.1 Å². The van der Waals surface area contributed by atoms with E-state index in [0.29, 0.717) is 51.4 Å². The van der Waals surface area contributed by atoms with Crippen LogP contribution in [0.15, 0.2) is 86.0 Å². The molecule has 0 aliphatic carbocycles. The highest BCUT2D eigenvalue weighted by Gasteiger charge is 2.32. The lowest BCUT2D eigenvalue weighted by molar-refractivity contribution is -0.139. The van der Waals surface area contributed by atoms with Gasteiger partial charge in [-0.15, -0.1) is 0 Å². The fourth-order valence-corrected chi connectivity index (χ4v) is 5.32. The van der Waals surface area contributed by atoms with E-state index in [9.17, 15) is 9.59 Å². The summed E-state index contributed by atoms with van der Waals surface area (Å²) in [7, 11) is 1.55. The summed E-state index contributed by atoms with van der Waals surface area (Å²) < 4.78 is 24.5. The molecule has 0 fully saturated rings. The first-order valence-electron chi connectivity index (χ1n) is 13.4. The van der Waals surface area contributed by atoms with Gasteiger partial charge in [0.05, 0.1) is 31.5 Å². The average molecular weight is 746 g/mol. The SMILES string of the molecule is CCOC(=O)C1=C(C)NC(=S)N[C@H]1c1ccccc1OCC(=O)NN=Cc1cc(Br)cc(OC)c1OCc1ccc(Br)cc1. The molecule has 3 aromatic carbocycles. The van der Waals surface area contributed by atoms with E-state index in [4.69, 9.17) is 31.2 Å². The Morgan fingerprint density at radius 3 is 2.52 bits per heavy atom. The average Bonchev–Trinajstić information content (AvgIpc) is 3.00. The van der Waals surface area contributed by atoms with Gasteiger partial charge in [0, 0.05) is 25.8 Å². The van der Waals surface area contributed by atoms with Crippen LogP contribution < -0.4 is 30.3 Å². The second-order valence-electron chi connectivity index (χ2n) is 9.35. The molecule has 0 saturated carbocycles. The van der Waals surface area contributed by atoms with E-state index in [1.807, 2.05) is 24.3 Å². The first-order chi connectivity index (χ1) is 21.2. The molecule has 4 rings (SSSR count). The molecule has 1 atom stereocenters. The van der Waals surface area contributed by atoms with Gasteiger partial charge in [0.25, 0.3) is 5.91 Å². The van der Waals surface area contributed by atoms with Crippen molar-refractivity contribution in [2.75, 3.05) is 20.3 Å². The van der Waals surface area contributed by atoms with Gasteiger partial charge in [-0.05, 0) is 62.0 Å². The number of nitrogens with one attached hydrogen (secondary N) is 3. The molecule has 0 spiro atoms. The molecule has 1 aliphatic heterocycles. The van der Waals surface area contributed by atoms with Gasteiger partial charge >= 0.3 is 5.97 Å². The van der Waals surface area contributed by atoms with Crippen molar-refractivity contribution >= 4 is 67.3 Å². The highest BCUT2D eigenvalue weighted by molar-refractivity contribution is 9.10. The van der Waals surface area contributed by atoms with Gasteiger partial charge in [0.15, 0.2) is 23.2 Å². The number of hydrogen-bond acceptors (Lipinski definition) is 8. The number of allylic oxidation sites excluding steroid dienone is 1. The molecule has 3 N–H and O–H groups in total. The normalized spacial score (nSPS) is 14.5. The van der Waals surface area contributed by atoms with Crippen molar-refractivity contribution < 1.29 is 28.5 Å². The van der Waals surface area contributed by atoms with Crippen molar-refractivity contribution in [2.45, 2.75) is 26.5 Å². The Hall–Kier alpha value is -3.94. The van der Waals surface area contributed by atoms with Crippen LogP contribution in [-0.2, 0) is 20.9 Å². The van der Waals surface area contributed by atoms with Crippen molar-refractivity contribution in [2.24, 2.45) is 5.10 Å². The fraction of sp³-hybridized carbons (Fsp3) is 0.226. The summed E-state index contributed by atoms with van der Waals surface area (Å²) in [6, 6.07) is 17.8. The van der Waals surface area contributed by atoms with Crippen LogP contribution >= 0.6 is 44.1 Å². The van der Waals surface area contributed by atoms with E-state index in [0.717, 1.165) is 14.5 Å². The third-order valence-electron chi connectivity index (χ3n) is 6.31. The number of nitrogens with zero attached hydrogens (tertiary/aromatic N) is 1. The molecule has 0 aromatic heterocycles. The molecule has 1 heterocycles. The predicted molar refractivity (Wildman–Crippen MR) is 178 cm³/mol. The monoisotopic (exact) mass is 744 g/mol. The molecule has 13 heteroatoms. The second-order valence-corrected chi connectivity index (χ2v) is 11.6. The molecule has 0 radical (unpaired) electrons. The maximum absolute atomic E-state index is 12.8. The van der Waals surface area contributed by atoms with Gasteiger partial charge in [-0.3, -0.25) is 4.79 Å². The topological polar surface area (TPSA) is 120 Å². The zero-order valence-electron chi connectivity index (χ0n) is 24.1. The Bertz CT molecular complexity index is 1600. The number of hydrazone groups is 1. The van der Waals surface area contributed by atoms with Gasteiger partial charge < -0.3 is 29.6 Å². The highest BCUT2D eigenvalue weighted by Crippen LogP contribution is 2.35. The Kier molecular flexibility index (Phi) is 11.8. The van der Waals surface area contributed by atoms with Crippen molar-refractivity contribution in [3.8, 4) is 17.2 Å². The van der Waals surface area contributed by atoms with Crippen LogP contribution in [0.3, 0.4) is 0 Å². The first-order valence-corrected chi connectivity index (χ1v) is 15.4. The van der Waals surface area contributed by atoms with Gasteiger partial charge in [-0.2, -0.15) is 5.10 Å². The number of amides is 1. The van der Waals surface area contributed by atoms with E-state index in [-0.39, 0.29) is 13.2 Å². The molecule has 10 nitrogen and oxygen atoms in total. The van der Waals surface area contributed by atoms with Crippen LogP contribution in [0.25, 0.3) is 0 Å². The molecular formula is C31H30Br2N4O6S. The van der Waals surface area contributed by atoms with Crippen LogP contribution in [0.5, 0.6) is 17.2 Å². The lowest BCUT2D eigenvalue weighted by Gasteiger charge is -2.30. The Labute approximate surface area is 277 Å². The molecule has 230 valence electrons.